The van der Waals surface area contributed by atoms with Gasteiger partial charge in [0.1, 0.15) is 5.82 Å². The van der Waals surface area contributed by atoms with Gasteiger partial charge in [-0.3, -0.25) is 0 Å². The van der Waals surface area contributed by atoms with Crippen LogP contribution in [0.25, 0.3) is 0 Å². The highest BCUT2D eigenvalue weighted by Crippen LogP contribution is 2.12. The molecule has 0 radical (unpaired) electrons. The number of methoxy groups -OCH3 is 1. The van der Waals surface area contributed by atoms with Crippen molar-refractivity contribution >= 4 is 5.84 Å². The number of hydrogen-bond donors (Lipinski definition) is 3. The molecule has 0 heterocycles. The Bertz CT molecular complexity index is 438. The summed E-state index contributed by atoms with van der Waals surface area (Å²) in [6, 6.07) is 4.43. The van der Waals surface area contributed by atoms with Crippen LogP contribution in [0.1, 0.15) is 24.5 Å². The lowest BCUT2D eigenvalue weighted by molar-refractivity contribution is 0.164. The topological polar surface area (TPSA) is 79.9 Å². The van der Waals surface area contributed by atoms with E-state index in [1.54, 1.807) is 13.2 Å². The van der Waals surface area contributed by atoms with E-state index in [1.807, 2.05) is 6.92 Å². The normalized spacial score (nSPS) is 13.5. The van der Waals surface area contributed by atoms with Crippen LogP contribution in [0, 0.1) is 5.82 Å². The molecule has 0 aliphatic carbocycles. The second-order valence-electron chi connectivity index (χ2n) is 4.23. The zero-order valence-electron chi connectivity index (χ0n) is 11.2. The van der Waals surface area contributed by atoms with Crippen molar-refractivity contribution in [2.24, 2.45) is 10.9 Å². The van der Waals surface area contributed by atoms with E-state index in [9.17, 15) is 4.39 Å². The zero-order valence-corrected chi connectivity index (χ0v) is 11.2. The van der Waals surface area contributed by atoms with Crippen molar-refractivity contribution in [1.82, 2.24) is 5.32 Å². The molecule has 0 amide bonds. The Morgan fingerprint density at radius 3 is 2.89 bits per heavy atom. The van der Waals surface area contributed by atoms with Crippen LogP contribution in [0.4, 0.5) is 4.39 Å². The summed E-state index contributed by atoms with van der Waals surface area (Å²) in [5.41, 5.74) is 6.70. The van der Waals surface area contributed by atoms with Gasteiger partial charge in [-0.05, 0) is 24.1 Å². The highest BCUT2D eigenvalue weighted by molar-refractivity contribution is 5.98. The molecule has 0 spiro atoms. The van der Waals surface area contributed by atoms with E-state index in [2.05, 4.69) is 10.5 Å². The highest BCUT2D eigenvalue weighted by Gasteiger charge is 2.11. The Kier molecular flexibility index (Phi) is 6.24. The van der Waals surface area contributed by atoms with Crippen LogP contribution in [-0.4, -0.2) is 30.8 Å². The second kappa shape index (κ2) is 7.70. The molecule has 4 N–H and O–H groups in total. The lowest BCUT2D eigenvalue weighted by Gasteiger charge is -2.17. The minimum Gasteiger partial charge on any atom is -0.409 e. The molecule has 0 bridgehead atoms. The maximum Gasteiger partial charge on any atom is 0.170 e. The van der Waals surface area contributed by atoms with E-state index in [0.717, 1.165) is 12.0 Å². The van der Waals surface area contributed by atoms with E-state index in [-0.39, 0.29) is 11.9 Å². The van der Waals surface area contributed by atoms with Crippen molar-refractivity contribution in [3.05, 3.63) is 35.1 Å². The van der Waals surface area contributed by atoms with Crippen molar-refractivity contribution < 1.29 is 14.3 Å². The van der Waals surface area contributed by atoms with Crippen LogP contribution in [-0.2, 0) is 11.3 Å². The van der Waals surface area contributed by atoms with Crippen molar-refractivity contribution in [3.63, 3.8) is 0 Å². The molecule has 1 aromatic rings. The molecular weight excluding hydrogens is 249 g/mol. The molecule has 0 aliphatic rings. The molecule has 1 atom stereocenters. The summed E-state index contributed by atoms with van der Waals surface area (Å²) in [4.78, 5) is 0. The molecule has 5 nitrogen and oxygen atoms in total. The molecule has 1 rings (SSSR count). The predicted octanol–water partition coefficient (Wildman–Crippen LogP) is 1.43. The molecule has 6 heteroatoms. The number of halogens is 1. The monoisotopic (exact) mass is 269 g/mol. The van der Waals surface area contributed by atoms with E-state index in [0.29, 0.717) is 18.7 Å². The van der Waals surface area contributed by atoms with Crippen molar-refractivity contribution in [2.75, 3.05) is 13.7 Å². The van der Waals surface area contributed by atoms with Gasteiger partial charge < -0.3 is 21.0 Å². The Morgan fingerprint density at radius 1 is 1.58 bits per heavy atom. The predicted molar refractivity (Wildman–Crippen MR) is 71.7 cm³/mol. The van der Waals surface area contributed by atoms with Crippen molar-refractivity contribution in [1.29, 1.82) is 0 Å². The van der Waals surface area contributed by atoms with Crippen LogP contribution in [0.5, 0.6) is 0 Å². The molecular formula is C13H20FN3O2. The fraction of sp³-hybridized carbons (Fsp3) is 0.462. The Hall–Kier alpha value is -1.66. The number of nitrogens with one attached hydrogen (secondary N) is 1. The summed E-state index contributed by atoms with van der Waals surface area (Å²) in [6.07, 6.45) is 0.911. The first-order valence-corrected chi connectivity index (χ1v) is 6.11. The summed E-state index contributed by atoms with van der Waals surface area (Å²) < 4.78 is 18.3. The summed E-state index contributed by atoms with van der Waals surface area (Å²) in [6.45, 7) is 3.14. The van der Waals surface area contributed by atoms with E-state index in [4.69, 9.17) is 15.7 Å². The third-order valence-corrected chi connectivity index (χ3v) is 2.90. The lowest BCUT2D eigenvalue weighted by atomic mass is 10.1. The first kappa shape index (κ1) is 15.4. The number of nitrogens with two attached hydrogens (primary N) is 1. The highest BCUT2D eigenvalue weighted by atomic mass is 19.1. The summed E-state index contributed by atoms with van der Waals surface area (Å²) in [5.74, 6) is -0.523. The van der Waals surface area contributed by atoms with Gasteiger partial charge in [0.2, 0.25) is 0 Å². The molecule has 0 aromatic heterocycles. The van der Waals surface area contributed by atoms with Crippen LogP contribution in [0.15, 0.2) is 23.4 Å². The largest absolute Gasteiger partial charge is 0.409 e. The van der Waals surface area contributed by atoms with Crippen LogP contribution in [0.3, 0.4) is 0 Å². The number of nitrogens with zero attached hydrogens (tertiary/aromatic N) is 1. The number of hydrogen-bond acceptors (Lipinski definition) is 4. The molecule has 0 aliphatic heterocycles. The fourth-order valence-electron chi connectivity index (χ4n) is 1.77. The van der Waals surface area contributed by atoms with Gasteiger partial charge in [0.05, 0.1) is 6.61 Å². The average molecular weight is 269 g/mol. The smallest absolute Gasteiger partial charge is 0.170 e. The fourth-order valence-corrected chi connectivity index (χ4v) is 1.77. The number of amidine groups is 1. The molecule has 0 fully saturated rings. The van der Waals surface area contributed by atoms with Gasteiger partial charge in [0.25, 0.3) is 0 Å². The number of oxime groups is 1. The SMILES string of the molecule is CCC(COC)NCc1ccc(F)cc1C(N)=NO. The van der Waals surface area contributed by atoms with Gasteiger partial charge >= 0.3 is 0 Å². The zero-order chi connectivity index (χ0) is 14.3. The standard InChI is InChI=1S/C13H20FN3O2/c1-3-11(8-19-2)16-7-9-4-5-10(14)6-12(9)13(15)17-18/h4-6,11,16,18H,3,7-8H2,1-2H3,(H2,15,17). The van der Waals surface area contributed by atoms with Crippen LogP contribution < -0.4 is 11.1 Å². The summed E-state index contributed by atoms with van der Waals surface area (Å²) >= 11 is 0. The third-order valence-electron chi connectivity index (χ3n) is 2.90. The Morgan fingerprint density at radius 2 is 2.32 bits per heavy atom. The average Bonchev–Trinajstić information content (AvgIpc) is 2.43. The number of benzene rings is 1. The minimum atomic E-state index is -0.422. The first-order valence-electron chi connectivity index (χ1n) is 6.11. The number of ether oxygens (including phenoxy) is 1. The number of rotatable bonds is 7. The molecule has 19 heavy (non-hydrogen) atoms. The van der Waals surface area contributed by atoms with Crippen LogP contribution >= 0.6 is 0 Å². The van der Waals surface area contributed by atoms with Crippen molar-refractivity contribution in [3.8, 4) is 0 Å². The Labute approximate surface area is 112 Å². The maximum atomic E-state index is 13.2. The molecule has 0 saturated carbocycles. The molecule has 106 valence electrons. The third kappa shape index (κ3) is 4.50. The van der Waals surface area contributed by atoms with E-state index in [1.165, 1.54) is 12.1 Å². The molecule has 0 saturated heterocycles. The first-order chi connectivity index (χ1) is 9.12. The van der Waals surface area contributed by atoms with Gasteiger partial charge in [-0.2, -0.15) is 0 Å². The van der Waals surface area contributed by atoms with Gasteiger partial charge in [0.15, 0.2) is 5.84 Å². The summed E-state index contributed by atoms with van der Waals surface area (Å²) in [7, 11) is 1.64. The van der Waals surface area contributed by atoms with Gasteiger partial charge in [0, 0.05) is 25.3 Å². The molecule has 1 unspecified atom stereocenters. The van der Waals surface area contributed by atoms with E-state index < -0.39 is 5.82 Å². The quantitative estimate of drug-likeness (QED) is 0.303. The molecule has 1 aromatic carbocycles. The summed E-state index contributed by atoms with van der Waals surface area (Å²) in [5, 5.41) is 14.9. The van der Waals surface area contributed by atoms with Gasteiger partial charge in [-0.1, -0.05) is 18.1 Å². The minimum absolute atomic E-state index is 0.101. The van der Waals surface area contributed by atoms with Crippen LogP contribution in [0.2, 0.25) is 0 Å². The second-order valence-corrected chi connectivity index (χ2v) is 4.23. The Balaban J connectivity index is 2.83. The lowest BCUT2D eigenvalue weighted by Crippen LogP contribution is -2.32. The van der Waals surface area contributed by atoms with Crippen molar-refractivity contribution in [2.45, 2.75) is 25.9 Å². The van der Waals surface area contributed by atoms with Gasteiger partial charge in [-0.25, -0.2) is 4.39 Å². The van der Waals surface area contributed by atoms with E-state index >= 15 is 0 Å². The van der Waals surface area contributed by atoms with Gasteiger partial charge in [-0.15, -0.1) is 0 Å². The maximum absolute atomic E-state index is 13.2.